The molecule has 172 valence electrons. The number of nitrogens with two attached hydrogens (primary N) is 1. The standard InChI is InChI=1S/C22H27N3O6S/c1-15-12-18(16-8-10-25(11-9-16)14-24-23)21(29-2)19(13-15)31-32(27,28)20-7-5-4-6-17(20)22(26)30-3/h4-7,12-14,16H,8-11,23H2,1-3H3. The van der Waals surface area contributed by atoms with E-state index < -0.39 is 16.1 Å². The Balaban J connectivity index is 1.97. The van der Waals surface area contributed by atoms with Crippen molar-refractivity contribution in [1.29, 1.82) is 0 Å². The lowest BCUT2D eigenvalue weighted by molar-refractivity contribution is 0.0596. The van der Waals surface area contributed by atoms with Crippen LogP contribution in [0.25, 0.3) is 0 Å². The second-order valence-corrected chi connectivity index (χ2v) is 9.00. The van der Waals surface area contributed by atoms with Crippen molar-refractivity contribution in [1.82, 2.24) is 4.90 Å². The molecule has 2 aromatic carbocycles. The van der Waals surface area contributed by atoms with E-state index in [1.54, 1.807) is 18.5 Å². The molecule has 2 aromatic rings. The maximum Gasteiger partial charge on any atom is 0.340 e. The molecule has 1 heterocycles. The van der Waals surface area contributed by atoms with Crippen molar-refractivity contribution in [3.63, 3.8) is 0 Å². The molecule has 0 amide bonds. The molecule has 0 aliphatic carbocycles. The summed E-state index contributed by atoms with van der Waals surface area (Å²) in [4.78, 5) is 13.8. The Labute approximate surface area is 187 Å². The van der Waals surface area contributed by atoms with Gasteiger partial charge in [-0.25, -0.2) is 4.79 Å². The van der Waals surface area contributed by atoms with E-state index in [4.69, 9.17) is 19.5 Å². The number of hydrazone groups is 1. The van der Waals surface area contributed by atoms with Gasteiger partial charge in [-0.1, -0.05) is 18.2 Å². The van der Waals surface area contributed by atoms with E-state index in [-0.39, 0.29) is 22.1 Å². The van der Waals surface area contributed by atoms with Crippen LogP contribution in [0.3, 0.4) is 0 Å². The summed E-state index contributed by atoms with van der Waals surface area (Å²) < 4.78 is 42.0. The number of ether oxygens (including phenoxy) is 2. The molecular formula is C22H27N3O6S. The van der Waals surface area contributed by atoms with Crippen molar-refractivity contribution < 1.29 is 26.9 Å². The summed E-state index contributed by atoms with van der Waals surface area (Å²) in [5.74, 6) is 5.07. The fourth-order valence-electron chi connectivity index (χ4n) is 3.90. The number of hydrogen-bond acceptors (Lipinski definition) is 8. The predicted octanol–water partition coefficient (Wildman–Crippen LogP) is 2.64. The first-order valence-corrected chi connectivity index (χ1v) is 11.5. The maximum atomic E-state index is 13.1. The van der Waals surface area contributed by atoms with Crippen LogP contribution in [-0.4, -0.2) is 52.9 Å². The van der Waals surface area contributed by atoms with Crippen molar-refractivity contribution in [2.24, 2.45) is 10.9 Å². The fourth-order valence-corrected chi connectivity index (χ4v) is 5.01. The molecule has 0 atom stereocenters. The van der Waals surface area contributed by atoms with Crippen molar-refractivity contribution in [2.75, 3.05) is 27.3 Å². The second kappa shape index (κ2) is 9.90. The SMILES string of the molecule is COC(=O)c1ccccc1S(=O)(=O)Oc1cc(C)cc(C2CCN(C=NN)CC2)c1OC. The highest BCUT2D eigenvalue weighted by molar-refractivity contribution is 7.87. The Hall–Kier alpha value is -3.27. The number of methoxy groups -OCH3 is 2. The zero-order valence-electron chi connectivity index (χ0n) is 18.3. The van der Waals surface area contributed by atoms with Crippen LogP contribution in [0.5, 0.6) is 11.5 Å². The highest BCUT2D eigenvalue weighted by Gasteiger charge is 2.29. The first-order valence-electron chi connectivity index (χ1n) is 10.1. The quantitative estimate of drug-likeness (QED) is 0.167. The Morgan fingerprint density at radius 1 is 1.19 bits per heavy atom. The first-order chi connectivity index (χ1) is 15.3. The number of likely N-dealkylation sites (tertiary alicyclic amines) is 1. The van der Waals surface area contributed by atoms with Crippen molar-refractivity contribution >= 4 is 22.4 Å². The third-order valence-corrected chi connectivity index (χ3v) is 6.69. The van der Waals surface area contributed by atoms with E-state index in [1.165, 1.54) is 32.4 Å². The summed E-state index contributed by atoms with van der Waals surface area (Å²) in [5, 5.41) is 3.57. The number of carbonyl (C=O) groups is 1. The Bertz CT molecular complexity index is 1110. The van der Waals surface area contributed by atoms with Crippen molar-refractivity contribution in [2.45, 2.75) is 30.6 Å². The molecule has 1 aliphatic rings. The average molecular weight is 462 g/mol. The van der Waals surface area contributed by atoms with Gasteiger partial charge in [0.2, 0.25) is 0 Å². The molecule has 0 radical (unpaired) electrons. The predicted molar refractivity (Wildman–Crippen MR) is 120 cm³/mol. The molecule has 0 spiro atoms. The minimum Gasteiger partial charge on any atom is -0.492 e. The van der Waals surface area contributed by atoms with E-state index in [2.05, 4.69) is 5.10 Å². The molecule has 1 saturated heterocycles. The Morgan fingerprint density at radius 3 is 2.50 bits per heavy atom. The number of benzene rings is 2. The monoisotopic (exact) mass is 461 g/mol. The lowest BCUT2D eigenvalue weighted by Crippen LogP contribution is -2.32. The van der Waals surface area contributed by atoms with Gasteiger partial charge in [0.05, 0.1) is 19.8 Å². The smallest absolute Gasteiger partial charge is 0.340 e. The van der Waals surface area contributed by atoms with Gasteiger partial charge in [0, 0.05) is 18.7 Å². The van der Waals surface area contributed by atoms with E-state index in [9.17, 15) is 13.2 Å². The van der Waals surface area contributed by atoms with Gasteiger partial charge in [-0.2, -0.15) is 13.5 Å². The number of aryl methyl sites for hydroxylation is 1. The van der Waals surface area contributed by atoms with Gasteiger partial charge in [-0.3, -0.25) is 0 Å². The molecule has 2 N–H and O–H groups in total. The van der Waals surface area contributed by atoms with Crippen LogP contribution in [0.1, 0.15) is 40.2 Å². The fraction of sp³-hybridized carbons (Fsp3) is 0.364. The van der Waals surface area contributed by atoms with Crippen LogP contribution in [0.4, 0.5) is 0 Å². The summed E-state index contributed by atoms with van der Waals surface area (Å²) in [6.45, 7) is 3.40. The maximum absolute atomic E-state index is 13.1. The lowest BCUT2D eigenvalue weighted by atomic mass is 9.88. The van der Waals surface area contributed by atoms with Crippen LogP contribution < -0.4 is 14.8 Å². The minimum atomic E-state index is -4.33. The zero-order chi connectivity index (χ0) is 23.3. The third kappa shape index (κ3) is 4.96. The summed E-state index contributed by atoms with van der Waals surface area (Å²) in [5.41, 5.74) is 1.61. The van der Waals surface area contributed by atoms with Gasteiger partial charge in [0.1, 0.15) is 11.2 Å². The molecular weight excluding hydrogens is 434 g/mol. The number of carbonyl (C=O) groups excluding carboxylic acids is 1. The summed E-state index contributed by atoms with van der Waals surface area (Å²) in [6, 6.07) is 9.34. The van der Waals surface area contributed by atoms with Gasteiger partial charge in [-0.15, -0.1) is 0 Å². The largest absolute Gasteiger partial charge is 0.492 e. The molecule has 1 aliphatic heterocycles. The molecule has 9 nitrogen and oxygen atoms in total. The summed E-state index contributed by atoms with van der Waals surface area (Å²) in [7, 11) is -1.67. The van der Waals surface area contributed by atoms with E-state index in [1.807, 2.05) is 17.9 Å². The lowest BCUT2D eigenvalue weighted by Gasteiger charge is -2.31. The molecule has 0 aromatic heterocycles. The van der Waals surface area contributed by atoms with E-state index in [0.717, 1.165) is 37.1 Å². The molecule has 32 heavy (non-hydrogen) atoms. The van der Waals surface area contributed by atoms with Gasteiger partial charge in [0.15, 0.2) is 11.5 Å². The Morgan fingerprint density at radius 2 is 1.88 bits per heavy atom. The van der Waals surface area contributed by atoms with Crippen LogP contribution in [0, 0.1) is 6.92 Å². The van der Waals surface area contributed by atoms with Gasteiger partial charge in [-0.05, 0) is 49.4 Å². The minimum absolute atomic E-state index is 0.0770. The number of esters is 1. The van der Waals surface area contributed by atoms with Crippen LogP contribution in [0.15, 0.2) is 46.4 Å². The molecule has 10 heteroatoms. The van der Waals surface area contributed by atoms with Crippen molar-refractivity contribution in [3.05, 3.63) is 53.1 Å². The van der Waals surface area contributed by atoms with E-state index >= 15 is 0 Å². The molecule has 0 unspecified atom stereocenters. The van der Waals surface area contributed by atoms with Crippen LogP contribution in [-0.2, 0) is 14.9 Å². The van der Waals surface area contributed by atoms with Crippen LogP contribution >= 0.6 is 0 Å². The van der Waals surface area contributed by atoms with Gasteiger partial charge >= 0.3 is 16.1 Å². The first kappa shape index (κ1) is 23.4. The second-order valence-electron chi connectivity index (χ2n) is 7.49. The van der Waals surface area contributed by atoms with Crippen molar-refractivity contribution in [3.8, 4) is 11.5 Å². The third-order valence-electron chi connectivity index (χ3n) is 5.39. The molecule has 3 rings (SSSR count). The number of rotatable bonds is 7. The highest BCUT2D eigenvalue weighted by Crippen LogP contribution is 2.42. The number of piperidine rings is 1. The molecule has 0 bridgehead atoms. The number of nitrogens with zero attached hydrogens (tertiary/aromatic N) is 2. The normalized spacial score (nSPS) is 15.0. The average Bonchev–Trinajstić information content (AvgIpc) is 2.78. The molecule has 1 fully saturated rings. The van der Waals surface area contributed by atoms with Gasteiger partial charge < -0.3 is 24.4 Å². The summed E-state index contributed by atoms with van der Waals surface area (Å²) >= 11 is 0. The van der Waals surface area contributed by atoms with E-state index in [0.29, 0.717) is 5.75 Å². The number of hydrogen-bond donors (Lipinski definition) is 1. The topological polar surface area (TPSA) is 121 Å². The zero-order valence-corrected chi connectivity index (χ0v) is 19.1. The highest BCUT2D eigenvalue weighted by atomic mass is 32.2. The van der Waals surface area contributed by atoms with Gasteiger partial charge in [0.25, 0.3) is 0 Å². The summed E-state index contributed by atoms with van der Waals surface area (Å²) in [6.07, 6.45) is 3.26. The Kier molecular flexibility index (Phi) is 7.24. The van der Waals surface area contributed by atoms with Crippen LogP contribution in [0.2, 0.25) is 0 Å². The molecule has 0 saturated carbocycles.